The van der Waals surface area contributed by atoms with Crippen LogP contribution in [-0.4, -0.2) is 7.11 Å². The summed E-state index contributed by atoms with van der Waals surface area (Å²) in [7, 11) is 1.58. The van der Waals surface area contributed by atoms with Crippen molar-refractivity contribution in [2.24, 2.45) is 5.41 Å². The zero-order chi connectivity index (χ0) is 21.7. The molecule has 0 bridgehead atoms. The molecule has 1 atom stereocenters. The first-order valence-electron chi connectivity index (χ1n) is 10.0. The molecule has 3 rings (SSSR count). The molecule has 0 unspecified atom stereocenters. The Bertz CT molecular complexity index is 980. The predicted octanol–water partition coefficient (Wildman–Crippen LogP) is 7.54. The van der Waals surface area contributed by atoms with Gasteiger partial charge in [0.1, 0.15) is 11.6 Å². The lowest BCUT2D eigenvalue weighted by Gasteiger charge is -2.33. The van der Waals surface area contributed by atoms with Crippen molar-refractivity contribution in [1.29, 1.82) is 0 Å². The van der Waals surface area contributed by atoms with Crippen LogP contribution in [0.25, 0.3) is 11.1 Å². The fourth-order valence-electron chi connectivity index (χ4n) is 3.56. The molecular formula is C26H28ClFO2. The quantitative estimate of drug-likeness (QED) is 0.363. The molecule has 158 valence electrons. The number of benzene rings is 3. The van der Waals surface area contributed by atoms with Gasteiger partial charge in [-0.2, -0.15) is 0 Å². The third-order valence-electron chi connectivity index (χ3n) is 5.06. The van der Waals surface area contributed by atoms with Gasteiger partial charge in [-0.15, -0.1) is 11.6 Å². The number of rotatable bonds is 7. The van der Waals surface area contributed by atoms with E-state index in [-0.39, 0.29) is 17.3 Å². The number of hydrogen-bond acceptors (Lipinski definition) is 2. The zero-order valence-corrected chi connectivity index (χ0v) is 18.7. The Kier molecular flexibility index (Phi) is 7.17. The van der Waals surface area contributed by atoms with Gasteiger partial charge in [0.15, 0.2) is 0 Å². The van der Waals surface area contributed by atoms with Crippen molar-refractivity contribution in [3.8, 4) is 16.9 Å². The summed E-state index contributed by atoms with van der Waals surface area (Å²) < 4.78 is 26.6. The maximum atomic E-state index is 14.8. The molecule has 0 spiro atoms. The van der Waals surface area contributed by atoms with Crippen molar-refractivity contribution in [2.75, 3.05) is 7.11 Å². The van der Waals surface area contributed by atoms with E-state index in [9.17, 15) is 4.39 Å². The average molecular weight is 427 g/mol. The highest BCUT2D eigenvalue weighted by Crippen LogP contribution is 2.43. The Balaban J connectivity index is 2.10. The van der Waals surface area contributed by atoms with Crippen molar-refractivity contribution < 1.29 is 13.9 Å². The molecule has 0 radical (unpaired) electrons. The average Bonchev–Trinajstić information content (AvgIpc) is 2.74. The highest BCUT2D eigenvalue weighted by Gasteiger charge is 2.30. The lowest BCUT2D eigenvalue weighted by molar-refractivity contribution is -0.0301. The Labute approximate surface area is 183 Å². The lowest BCUT2D eigenvalue weighted by Crippen LogP contribution is -2.22. The second kappa shape index (κ2) is 9.63. The van der Waals surface area contributed by atoms with Crippen LogP contribution in [0.1, 0.15) is 43.6 Å². The highest BCUT2D eigenvalue weighted by atomic mass is 35.5. The molecule has 4 heteroatoms. The van der Waals surface area contributed by atoms with Crippen LogP contribution in [0.5, 0.6) is 5.75 Å². The standard InChI is InChI=1S/C26H28ClFO2/c1-26(2,3)25(30-17-18-8-6-5-7-9-18)23-14-19(16-27)10-12-21(23)22-15-20(29-4)11-13-24(22)28/h5-15,25H,16-17H2,1-4H3/t25-/m1/s1. The van der Waals surface area contributed by atoms with Crippen LogP contribution in [-0.2, 0) is 17.2 Å². The van der Waals surface area contributed by atoms with Crippen molar-refractivity contribution >= 4 is 11.6 Å². The van der Waals surface area contributed by atoms with E-state index in [4.69, 9.17) is 21.1 Å². The van der Waals surface area contributed by atoms with Crippen LogP contribution in [0, 0.1) is 11.2 Å². The largest absolute Gasteiger partial charge is 0.497 e. The van der Waals surface area contributed by atoms with Crippen molar-refractivity contribution in [3.05, 3.63) is 89.2 Å². The van der Waals surface area contributed by atoms with Gasteiger partial charge < -0.3 is 9.47 Å². The molecule has 0 aromatic heterocycles. The molecule has 0 aliphatic heterocycles. The highest BCUT2D eigenvalue weighted by molar-refractivity contribution is 6.17. The molecule has 0 aliphatic rings. The molecule has 0 aliphatic carbocycles. The minimum atomic E-state index is -0.300. The second-order valence-electron chi connectivity index (χ2n) is 8.44. The Morgan fingerprint density at radius 2 is 1.63 bits per heavy atom. The maximum Gasteiger partial charge on any atom is 0.131 e. The third kappa shape index (κ3) is 5.21. The molecule has 3 aromatic rings. The fourth-order valence-corrected chi connectivity index (χ4v) is 3.72. The van der Waals surface area contributed by atoms with Gasteiger partial charge in [0.25, 0.3) is 0 Å². The summed E-state index contributed by atoms with van der Waals surface area (Å²) in [5, 5.41) is 0. The van der Waals surface area contributed by atoms with E-state index >= 15 is 0 Å². The van der Waals surface area contributed by atoms with E-state index in [1.165, 1.54) is 6.07 Å². The van der Waals surface area contributed by atoms with Crippen LogP contribution in [0.3, 0.4) is 0 Å². The summed E-state index contributed by atoms with van der Waals surface area (Å²) in [5.41, 5.74) is 4.04. The second-order valence-corrected chi connectivity index (χ2v) is 8.71. The first kappa shape index (κ1) is 22.3. The maximum absolute atomic E-state index is 14.8. The first-order chi connectivity index (χ1) is 14.3. The van der Waals surface area contributed by atoms with Crippen LogP contribution in [0.15, 0.2) is 66.7 Å². The number of halogens is 2. The van der Waals surface area contributed by atoms with Gasteiger partial charge in [0.2, 0.25) is 0 Å². The van der Waals surface area contributed by atoms with Crippen molar-refractivity contribution in [3.63, 3.8) is 0 Å². The van der Waals surface area contributed by atoms with E-state index < -0.39 is 0 Å². The van der Waals surface area contributed by atoms with E-state index in [1.807, 2.05) is 48.5 Å². The van der Waals surface area contributed by atoms with E-state index in [0.29, 0.717) is 23.8 Å². The number of ether oxygens (including phenoxy) is 2. The van der Waals surface area contributed by atoms with Crippen molar-refractivity contribution in [2.45, 2.75) is 39.4 Å². The van der Waals surface area contributed by atoms with E-state index in [0.717, 1.165) is 22.3 Å². The molecule has 2 nitrogen and oxygen atoms in total. The summed E-state index contributed by atoms with van der Waals surface area (Å²) in [6, 6.07) is 20.7. The molecule has 0 saturated heterocycles. The van der Waals surface area contributed by atoms with E-state index in [2.05, 4.69) is 20.8 Å². The lowest BCUT2D eigenvalue weighted by atomic mass is 9.81. The number of alkyl halides is 1. The Morgan fingerprint density at radius 3 is 2.27 bits per heavy atom. The number of methoxy groups -OCH3 is 1. The van der Waals surface area contributed by atoms with Gasteiger partial charge in [-0.3, -0.25) is 0 Å². The monoisotopic (exact) mass is 426 g/mol. The van der Waals surface area contributed by atoms with Crippen LogP contribution >= 0.6 is 11.6 Å². The molecule has 0 heterocycles. The first-order valence-corrected chi connectivity index (χ1v) is 10.5. The van der Waals surface area contributed by atoms with E-state index in [1.54, 1.807) is 19.2 Å². The van der Waals surface area contributed by atoms with Gasteiger partial charge in [0.05, 0.1) is 19.8 Å². The SMILES string of the molecule is COc1ccc(F)c(-c2ccc(CCl)cc2[C@@H](OCc2ccccc2)C(C)(C)C)c1. The minimum absolute atomic E-state index is 0.218. The summed E-state index contributed by atoms with van der Waals surface area (Å²) >= 11 is 6.13. The minimum Gasteiger partial charge on any atom is -0.497 e. The molecular weight excluding hydrogens is 399 g/mol. The Morgan fingerprint density at radius 1 is 0.900 bits per heavy atom. The Hall–Kier alpha value is -2.36. The van der Waals surface area contributed by atoms with Crippen LogP contribution < -0.4 is 4.74 Å². The summed E-state index contributed by atoms with van der Waals surface area (Å²) in [6.07, 6.45) is -0.263. The molecule has 0 amide bonds. The van der Waals surface area contributed by atoms with Gasteiger partial charge in [-0.05, 0) is 45.9 Å². The van der Waals surface area contributed by atoms with Gasteiger partial charge >= 0.3 is 0 Å². The number of hydrogen-bond donors (Lipinski definition) is 0. The molecule has 0 N–H and O–H groups in total. The molecule has 0 fully saturated rings. The van der Waals surface area contributed by atoms with Gasteiger partial charge in [0, 0.05) is 11.4 Å². The smallest absolute Gasteiger partial charge is 0.131 e. The molecule has 3 aromatic carbocycles. The van der Waals surface area contributed by atoms with Gasteiger partial charge in [-0.25, -0.2) is 4.39 Å². The van der Waals surface area contributed by atoms with Crippen molar-refractivity contribution in [1.82, 2.24) is 0 Å². The fraction of sp³-hybridized carbons (Fsp3) is 0.308. The third-order valence-corrected chi connectivity index (χ3v) is 5.37. The normalized spacial score (nSPS) is 12.6. The van der Waals surface area contributed by atoms with Gasteiger partial charge in [-0.1, -0.05) is 69.3 Å². The predicted molar refractivity (Wildman–Crippen MR) is 121 cm³/mol. The topological polar surface area (TPSA) is 18.5 Å². The van der Waals surface area contributed by atoms with Crippen LogP contribution in [0.2, 0.25) is 0 Å². The van der Waals surface area contributed by atoms with Crippen LogP contribution in [0.4, 0.5) is 4.39 Å². The zero-order valence-electron chi connectivity index (χ0n) is 17.9. The molecule has 0 saturated carbocycles. The molecule has 30 heavy (non-hydrogen) atoms. The summed E-state index contributed by atoms with van der Waals surface area (Å²) in [4.78, 5) is 0. The summed E-state index contributed by atoms with van der Waals surface area (Å²) in [5.74, 6) is 0.686. The summed E-state index contributed by atoms with van der Waals surface area (Å²) in [6.45, 7) is 6.85.